The number of thiophene rings is 1. The minimum atomic E-state index is -0.463. The number of carbonyl (C=O) groups is 1. The molecule has 0 fully saturated rings. The van der Waals surface area contributed by atoms with Crippen LogP contribution in [0.2, 0.25) is 0 Å². The van der Waals surface area contributed by atoms with Crippen molar-refractivity contribution in [2.45, 2.75) is 20.3 Å². The summed E-state index contributed by atoms with van der Waals surface area (Å²) in [6, 6.07) is 4.09. The van der Waals surface area contributed by atoms with Crippen LogP contribution in [0, 0.1) is 5.41 Å². The van der Waals surface area contributed by atoms with Gasteiger partial charge in [0.15, 0.2) is 0 Å². The summed E-state index contributed by atoms with van der Waals surface area (Å²) in [6.45, 7) is 4.77. The molecule has 0 saturated carbocycles. The van der Waals surface area contributed by atoms with E-state index in [2.05, 4.69) is 11.4 Å². The monoisotopic (exact) mass is 226 g/mol. The van der Waals surface area contributed by atoms with Gasteiger partial charge in [0, 0.05) is 18.0 Å². The largest absolute Gasteiger partial charge is 0.355 e. The number of hydrogen-bond donors (Lipinski definition) is 2. The molecule has 0 bridgehead atoms. The van der Waals surface area contributed by atoms with E-state index in [0.717, 1.165) is 6.42 Å². The standard InChI is InChI=1S/C11H18N2OS/c1-11(2,8-12)10(14)13-6-5-9-4-3-7-15-9/h3-4,7H,5-6,8,12H2,1-2H3,(H,13,14). The van der Waals surface area contributed by atoms with Gasteiger partial charge in [-0.3, -0.25) is 4.79 Å². The SMILES string of the molecule is CC(C)(CN)C(=O)NCCc1cccs1. The van der Waals surface area contributed by atoms with Gasteiger partial charge in [-0.05, 0) is 31.7 Å². The van der Waals surface area contributed by atoms with Crippen LogP contribution in [0.3, 0.4) is 0 Å². The van der Waals surface area contributed by atoms with Crippen molar-refractivity contribution >= 4 is 17.2 Å². The van der Waals surface area contributed by atoms with E-state index >= 15 is 0 Å². The van der Waals surface area contributed by atoms with Crippen molar-refractivity contribution in [3.63, 3.8) is 0 Å². The van der Waals surface area contributed by atoms with Gasteiger partial charge in [0.25, 0.3) is 0 Å². The Morgan fingerprint density at radius 2 is 2.33 bits per heavy atom. The highest BCUT2D eigenvalue weighted by molar-refractivity contribution is 7.09. The van der Waals surface area contributed by atoms with Crippen LogP contribution >= 0.6 is 11.3 Å². The predicted molar refractivity (Wildman–Crippen MR) is 63.9 cm³/mol. The molecule has 0 radical (unpaired) electrons. The van der Waals surface area contributed by atoms with Gasteiger partial charge in [-0.2, -0.15) is 0 Å². The number of amides is 1. The van der Waals surface area contributed by atoms with E-state index in [1.807, 2.05) is 25.3 Å². The molecular formula is C11H18N2OS. The fourth-order valence-corrected chi connectivity index (χ4v) is 1.80. The number of rotatable bonds is 5. The third-order valence-corrected chi connectivity index (χ3v) is 3.30. The van der Waals surface area contributed by atoms with Gasteiger partial charge >= 0.3 is 0 Å². The van der Waals surface area contributed by atoms with E-state index in [1.54, 1.807) is 11.3 Å². The Kier molecular flexibility index (Phi) is 4.29. The Morgan fingerprint density at radius 1 is 1.60 bits per heavy atom. The van der Waals surface area contributed by atoms with E-state index in [4.69, 9.17) is 5.73 Å². The second kappa shape index (κ2) is 5.28. The zero-order chi connectivity index (χ0) is 11.3. The third-order valence-electron chi connectivity index (χ3n) is 2.36. The zero-order valence-corrected chi connectivity index (χ0v) is 10.1. The Morgan fingerprint density at radius 3 is 2.87 bits per heavy atom. The smallest absolute Gasteiger partial charge is 0.226 e. The summed E-state index contributed by atoms with van der Waals surface area (Å²) in [5, 5.41) is 4.94. The molecule has 3 N–H and O–H groups in total. The van der Waals surface area contributed by atoms with E-state index in [-0.39, 0.29) is 5.91 Å². The highest BCUT2D eigenvalue weighted by atomic mass is 32.1. The minimum absolute atomic E-state index is 0.0292. The van der Waals surface area contributed by atoms with E-state index in [1.165, 1.54) is 4.88 Å². The number of nitrogens with two attached hydrogens (primary N) is 1. The molecule has 0 aliphatic heterocycles. The molecule has 1 amide bonds. The second-order valence-electron chi connectivity index (χ2n) is 4.17. The molecule has 3 nitrogen and oxygen atoms in total. The Hall–Kier alpha value is -0.870. The van der Waals surface area contributed by atoms with Gasteiger partial charge in [0.05, 0.1) is 5.41 Å². The molecule has 1 heterocycles. The summed E-state index contributed by atoms with van der Waals surface area (Å²) in [6.07, 6.45) is 0.893. The highest BCUT2D eigenvalue weighted by Gasteiger charge is 2.24. The molecule has 1 aromatic rings. The van der Waals surface area contributed by atoms with Gasteiger partial charge in [-0.1, -0.05) is 6.07 Å². The quantitative estimate of drug-likeness (QED) is 0.797. The predicted octanol–water partition coefficient (Wildman–Crippen LogP) is 1.39. The lowest BCUT2D eigenvalue weighted by molar-refractivity contribution is -0.128. The van der Waals surface area contributed by atoms with Crippen LogP contribution in [-0.2, 0) is 11.2 Å². The molecule has 0 unspecified atom stereocenters. The first-order valence-corrected chi connectivity index (χ1v) is 5.95. The van der Waals surface area contributed by atoms with Crippen LogP contribution < -0.4 is 11.1 Å². The molecule has 1 rings (SSSR count). The van der Waals surface area contributed by atoms with Gasteiger partial charge in [-0.25, -0.2) is 0 Å². The second-order valence-corrected chi connectivity index (χ2v) is 5.21. The van der Waals surface area contributed by atoms with Gasteiger partial charge in [0.1, 0.15) is 0 Å². The number of nitrogens with one attached hydrogen (secondary N) is 1. The lowest BCUT2D eigenvalue weighted by atomic mass is 9.93. The zero-order valence-electron chi connectivity index (χ0n) is 9.25. The van der Waals surface area contributed by atoms with Crippen molar-refractivity contribution in [1.29, 1.82) is 0 Å². The van der Waals surface area contributed by atoms with Crippen molar-refractivity contribution in [3.8, 4) is 0 Å². The van der Waals surface area contributed by atoms with E-state index < -0.39 is 5.41 Å². The van der Waals surface area contributed by atoms with E-state index in [9.17, 15) is 4.79 Å². The van der Waals surface area contributed by atoms with Crippen LogP contribution in [0.4, 0.5) is 0 Å². The number of carbonyl (C=O) groups excluding carboxylic acids is 1. The first-order valence-electron chi connectivity index (χ1n) is 5.07. The average Bonchev–Trinajstić information content (AvgIpc) is 2.70. The molecule has 15 heavy (non-hydrogen) atoms. The molecule has 0 aliphatic rings. The lowest BCUT2D eigenvalue weighted by Gasteiger charge is -2.21. The minimum Gasteiger partial charge on any atom is -0.355 e. The normalized spacial score (nSPS) is 11.4. The molecule has 84 valence electrons. The van der Waals surface area contributed by atoms with Crippen LogP contribution in [-0.4, -0.2) is 19.0 Å². The summed E-state index contributed by atoms with van der Waals surface area (Å²) in [5.74, 6) is 0.0292. The van der Waals surface area contributed by atoms with Crippen molar-refractivity contribution in [1.82, 2.24) is 5.32 Å². The Balaban J connectivity index is 2.29. The van der Waals surface area contributed by atoms with Gasteiger partial charge in [0.2, 0.25) is 5.91 Å². The Labute approximate surface area is 94.7 Å². The summed E-state index contributed by atoms with van der Waals surface area (Å²) in [4.78, 5) is 12.9. The third kappa shape index (κ3) is 3.64. The van der Waals surface area contributed by atoms with Crippen LogP contribution in [0.25, 0.3) is 0 Å². The molecule has 4 heteroatoms. The summed E-state index contributed by atoms with van der Waals surface area (Å²) in [5.41, 5.74) is 5.05. The van der Waals surface area contributed by atoms with Gasteiger partial charge < -0.3 is 11.1 Å². The fraction of sp³-hybridized carbons (Fsp3) is 0.545. The Bertz CT molecular complexity index is 306. The number of hydrogen-bond acceptors (Lipinski definition) is 3. The maximum Gasteiger partial charge on any atom is 0.226 e. The molecule has 0 aliphatic carbocycles. The summed E-state index contributed by atoms with van der Waals surface area (Å²) in [7, 11) is 0. The molecule has 0 atom stereocenters. The van der Waals surface area contributed by atoms with Crippen LogP contribution in [0.1, 0.15) is 18.7 Å². The summed E-state index contributed by atoms with van der Waals surface area (Å²) >= 11 is 1.71. The molecular weight excluding hydrogens is 208 g/mol. The maximum atomic E-state index is 11.6. The van der Waals surface area contributed by atoms with Crippen LogP contribution in [0.5, 0.6) is 0 Å². The average molecular weight is 226 g/mol. The topological polar surface area (TPSA) is 55.1 Å². The maximum absolute atomic E-state index is 11.6. The first kappa shape index (κ1) is 12.2. The van der Waals surface area contributed by atoms with Crippen molar-refractivity contribution in [3.05, 3.63) is 22.4 Å². The lowest BCUT2D eigenvalue weighted by Crippen LogP contribution is -2.42. The van der Waals surface area contributed by atoms with Crippen LogP contribution in [0.15, 0.2) is 17.5 Å². The van der Waals surface area contributed by atoms with Gasteiger partial charge in [-0.15, -0.1) is 11.3 Å². The summed E-state index contributed by atoms with van der Waals surface area (Å²) < 4.78 is 0. The molecule has 0 spiro atoms. The fourth-order valence-electron chi connectivity index (χ4n) is 1.09. The molecule has 0 saturated heterocycles. The first-order chi connectivity index (χ1) is 7.06. The van der Waals surface area contributed by atoms with E-state index in [0.29, 0.717) is 13.1 Å². The highest BCUT2D eigenvalue weighted by Crippen LogP contribution is 2.12. The van der Waals surface area contributed by atoms with Crippen molar-refractivity contribution in [2.75, 3.05) is 13.1 Å². The van der Waals surface area contributed by atoms with Crippen molar-refractivity contribution in [2.24, 2.45) is 11.1 Å². The molecule has 1 aromatic heterocycles. The van der Waals surface area contributed by atoms with Crippen molar-refractivity contribution < 1.29 is 4.79 Å². The molecule has 0 aromatic carbocycles.